The summed E-state index contributed by atoms with van der Waals surface area (Å²) in [6.07, 6.45) is 0.180. The molecule has 110 valence electrons. The van der Waals surface area contributed by atoms with Crippen LogP contribution in [0.15, 0.2) is 34.2 Å². The number of nitrogens with zero attached hydrogens (tertiary/aromatic N) is 2. The molecule has 7 nitrogen and oxygen atoms in total. The number of carbonyl (C=O) groups is 2. The second kappa shape index (κ2) is 7.70. The maximum atomic E-state index is 11.7. The zero-order valence-electron chi connectivity index (χ0n) is 10.8. The van der Waals surface area contributed by atoms with E-state index in [0.29, 0.717) is 10.8 Å². The molecule has 0 aliphatic heterocycles. The Morgan fingerprint density at radius 2 is 1.95 bits per heavy atom. The summed E-state index contributed by atoms with van der Waals surface area (Å²) in [6.45, 7) is 0.229. The van der Waals surface area contributed by atoms with E-state index in [4.69, 9.17) is 0 Å². The van der Waals surface area contributed by atoms with Crippen LogP contribution in [-0.2, 0) is 4.79 Å². The Bertz CT molecular complexity index is 603. The highest BCUT2D eigenvalue weighted by Crippen LogP contribution is 2.14. The first kappa shape index (κ1) is 15.4. The fraction of sp³-hybridized carbons (Fsp3) is 0.167. The standard InChI is InChI=1S/C12H12BrN5O2S/c13-8-1-3-9(4-2-8)16-10(19)5-6-14-11(20)17-12-18-15-7-21-12/h1-4,7H,5-6H2,(H,16,19)(H2,14,17,18,20). The van der Waals surface area contributed by atoms with E-state index in [9.17, 15) is 9.59 Å². The molecule has 0 saturated heterocycles. The first-order valence-corrected chi connectivity index (χ1v) is 7.67. The Morgan fingerprint density at radius 3 is 2.62 bits per heavy atom. The number of hydrogen-bond donors (Lipinski definition) is 3. The first-order valence-electron chi connectivity index (χ1n) is 6.00. The highest BCUT2D eigenvalue weighted by atomic mass is 79.9. The van der Waals surface area contributed by atoms with Gasteiger partial charge in [-0.2, -0.15) is 0 Å². The molecule has 0 aliphatic rings. The molecule has 0 atom stereocenters. The maximum absolute atomic E-state index is 11.7. The summed E-state index contributed by atoms with van der Waals surface area (Å²) in [5, 5.41) is 15.5. The van der Waals surface area contributed by atoms with Crippen molar-refractivity contribution in [3.63, 3.8) is 0 Å². The van der Waals surface area contributed by atoms with Crippen LogP contribution in [0.1, 0.15) is 6.42 Å². The number of halogens is 1. The van der Waals surface area contributed by atoms with Crippen molar-refractivity contribution in [2.75, 3.05) is 17.2 Å². The first-order chi connectivity index (χ1) is 10.1. The van der Waals surface area contributed by atoms with Gasteiger partial charge in [0.2, 0.25) is 11.0 Å². The molecule has 9 heteroatoms. The van der Waals surface area contributed by atoms with Gasteiger partial charge in [0.1, 0.15) is 5.51 Å². The third-order valence-electron chi connectivity index (χ3n) is 2.35. The molecule has 0 radical (unpaired) electrons. The van der Waals surface area contributed by atoms with Crippen LogP contribution < -0.4 is 16.0 Å². The number of hydrogen-bond acceptors (Lipinski definition) is 5. The maximum Gasteiger partial charge on any atom is 0.321 e. The van der Waals surface area contributed by atoms with E-state index >= 15 is 0 Å². The fourth-order valence-electron chi connectivity index (χ4n) is 1.42. The SMILES string of the molecule is O=C(CCNC(=O)Nc1nncs1)Nc1ccc(Br)cc1. The monoisotopic (exact) mass is 369 g/mol. The average Bonchev–Trinajstić information content (AvgIpc) is 2.94. The quantitative estimate of drug-likeness (QED) is 0.753. The van der Waals surface area contributed by atoms with Crippen molar-refractivity contribution in [3.8, 4) is 0 Å². The van der Waals surface area contributed by atoms with Gasteiger partial charge in [-0.25, -0.2) is 4.79 Å². The molecule has 1 aromatic carbocycles. The van der Waals surface area contributed by atoms with Gasteiger partial charge >= 0.3 is 6.03 Å². The number of anilines is 2. The number of amides is 3. The van der Waals surface area contributed by atoms with E-state index in [1.165, 1.54) is 16.8 Å². The second-order valence-electron chi connectivity index (χ2n) is 3.93. The van der Waals surface area contributed by atoms with Crippen LogP contribution in [0.3, 0.4) is 0 Å². The minimum Gasteiger partial charge on any atom is -0.337 e. The van der Waals surface area contributed by atoms with Crippen molar-refractivity contribution in [2.45, 2.75) is 6.42 Å². The van der Waals surface area contributed by atoms with Gasteiger partial charge < -0.3 is 10.6 Å². The van der Waals surface area contributed by atoms with Gasteiger partial charge in [-0.3, -0.25) is 10.1 Å². The van der Waals surface area contributed by atoms with E-state index in [2.05, 4.69) is 42.1 Å². The molecule has 0 aliphatic carbocycles. The summed E-state index contributed by atoms with van der Waals surface area (Å²) in [5.41, 5.74) is 2.22. The molecule has 0 spiro atoms. The van der Waals surface area contributed by atoms with Crippen molar-refractivity contribution in [2.24, 2.45) is 0 Å². The van der Waals surface area contributed by atoms with Gasteiger partial charge in [0.05, 0.1) is 0 Å². The number of rotatable bonds is 5. The van der Waals surface area contributed by atoms with Crippen molar-refractivity contribution in [1.29, 1.82) is 0 Å². The predicted octanol–water partition coefficient (Wildman–Crippen LogP) is 2.45. The van der Waals surface area contributed by atoms with E-state index in [1.54, 1.807) is 12.1 Å². The fourth-order valence-corrected chi connectivity index (χ4v) is 2.12. The van der Waals surface area contributed by atoms with Gasteiger partial charge in [0.15, 0.2) is 0 Å². The van der Waals surface area contributed by atoms with Crippen LogP contribution in [-0.4, -0.2) is 28.7 Å². The predicted molar refractivity (Wildman–Crippen MR) is 84.3 cm³/mol. The zero-order valence-corrected chi connectivity index (χ0v) is 13.2. The number of urea groups is 1. The largest absolute Gasteiger partial charge is 0.337 e. The van der Waals surface area contributed by atoms with Crippen LogP contribution in [0, 0.1) is 0 Å². The van der Waals surface area contributed by atoms with Crippen LogP contribution in [0.2, 0.25) is 0 Å². The van der Waals surface area contributed by atoms with Gasteiger partial charge in [0, 0.05) is 23.1 Å². The van der Waals surface area contributed by atoms with Crippen LogP contribution >= 0.6 is 27.3 Å². The van der Waals surface area contributed by atoms with Crippen molar-refractivity contribution in [3.05, 3.63) is 34.2 Å². The van der Waals surface area contributed by atoms with Crippen LogP contribution in [0.5, 0.6) is 0 Å². The topological polar surface area (TPSA) is 96.0 Å². The normalized spacial score (nSPS) is 9.95. The Hall–Kier alpha value is -2.00. The molecule has 2 aromatic rings. The van der Waals surface area contributed by atoms with E-state index < -0.39 is 6.03 Å². The minimum absolute atomic E-state index is 0.173. The lowest BCUT2D eigenvalue weighted by Crippen LogP contribution is -2.31. The summed E-state index contributed by atoms with van der Waals surface area (Å²) in [7, 11) is 0. The number of carbonyl (C=O) groups excluding carboxylic acids is 2. The summed E-state index contributed by atoms with van der Waals surface area (Å²) in [5.74, 6) is -0.173. The average molecular weight is 370 g/mol. The van der Waals surface area contributed by atoms with Crippen LogP contribution in [0.25, 0.3) is 0 Å². The van der Waals surface area contributed by atoms with E-state index in [0.717, 1.165) is 4.47 Å². The van der Waals surface area contributed by atoms with Crippen molar-refractivity contribution in [1.82, 2.24) is 15.5 Å². The van der Waals surface area contributed by atoms with Gasteiger partial charge in [-0.05, 0) is 24.3 Å². The summed E-state index contributed by atoms with van der Waals surface area (Å²) >= 11 is 4.53. The van der Waals surface area contributed by atoms with E-state index in [-0.39, 0.29) is 18.9 Å². The highest BCUT2D eigenvalue weighted by molar-refractivity contribution is 9.10. The molecule has 0 fully saturated rings. The Labute approximate surface area is 133 Å². The summed E-state index contributed by atoms with van der Waals surface area (Å²) in [6, 6.07) is 6.84. The van der Waals surface area contributed by atoms with E-state index in [1.807, 2.05) is 12.1 Å². The van der Waals surface area contributed by atoms with Gasteiger partial charge in [-0.1, -0.05) is 27.3 Å². The van der Waals surface area contributed by atoms with Crippen LogP contribution in [0.4, 0.5) is 15.6 Å². The Morgan fingerprint density at radius 1 is 1.19 bits per heavy atom. The van der Waals surface area contributed by atoms with Gasteiger partial charge in [0.25, 0.3) is 0 Å². The zero-order chi connectivity index (χ0) is 15.1. The lowest BCUT2D eigenvalue weighted by molar-refractivity contribution is -0.116. The number of nitrogens with one attached hydrogen (secondary N) is 3. The molecular weight excluding hydrogens is 358 g/mol. The lowest BCUT2D eigenvalue weighted by atomic mass is 10.3. The molecule has 1 heterocycles. The third-order valence-corrected chi connectivity index (χ3v) is 3.48. The number of aromatic nitrogens is 2. The molecule has 2 rings (SSSR count). The lowest BCUT2D eigenvalue weighted by Gasteiger charge is -2.06. The van der Waals surface area contributed by atoms with Crippen molar-refractivity contribution < 1.29 is 9.59 Å². The second-order valence-corrected chi connectivity index (χ2v) is 5.68. The smallest absolute Gasteiger partial charge is 0.321 e. The Kier molecular flexibility index (Phi) is 5.64. The molecule has 0 saturated carbocycles. The highest BCUT2D eigenvalue weighted by Gasteiger charge is 2.06. The Balaban J connectivity index is 1.67. The summed E-state index contributed by atoms with van der Waals surface area (Å²) < 4.78 is 0.940. The molecule has 21 heavy (non-hydrogen) atoms. The summed E-state index contributed by atoms with van der Waals surface area (Å²) in [4.78, 5) is 23.1. The van der Waals surface area contributed by atoms with Gasteiger partial charge in [-0.15, -0.1) is 10.2 Å². The third kappa shape index (κ3) is 5.48. The van der Waals surface area contributed by atoms with Crippen molar-refractivity contribution >= 4 is 50.0 Å². The molecule has 0 unspecified atom stereocenters. The number of benzene rings is 1. The molecule has 3 amide bonds. The molecule has 0 bridgehead atoms. The minimum atomic E-state index is -0.414. The molecular formula is C12H12BrN5O2S. The molecule has 1 aromatic heterocycles. The molecule has 3 N–H and O–H groups in total.